The molecule has 1 unspecified atom stereocenters. The third-order valence-electron chi connectivity index (χ3n) is 4.91. The number of nitrogens with one attached hydrogen (secondary N) is 1. The molecule has 20 heavy (non-hydrogen) atoms. The first-order valence-electron chi connectivity index (χ1n) is 7.60. The van der Waals surface area contributed by atoms with Crippen LogP contribution in [0.5, 0.6) is 0 Å². The molecule has 0 saturated carbocycles. The Morgan fingerprint density at radius 2 is 1.95 bits per heavy atom. The number of rotatable bonds is 4. The van der Waals surface area contributed by atoms with Crippen LogP contribution >= 0.6 is 0 Å². The summed E-state index contributed by atoms with van der Waals surface area (Å²) in [5, 5.41) is 2.96. The number of piperazine rings is 1. The van der Waals surface area contributed by atoms with Crippen LogP contribution in [0.1, 0.15) is 47.0 Å². The zero-order valence-electron chi connectivity index (χ0n) is 13.0. The van der Waals surface area contributed by atoms with Gasteiger partial charge in [-0.1, -0.05) is 13.8 Å². The highest BCUT2D eigenvalue weighted by atomic mass is 16.5. The van der Waals surface area contributed by atoms with Crippen LogP contribution in [0.25, 0.3) is 0 Å². The van der Waals surface area contributed by atoms with E-state index in [4.69, 9.17) is 4.74 Å². The maximum Gasteiger partial charge on any atom is 0.249 e. The lowest BCUT2D eigenvalue weighted by atomic mass is 9.83. The largest absolute Gasteiger partial charge is 0.381 e. The molecular formula is C15H26N2O3. The van der Waals surface area contributed by atoms with Crippen LogP contribution < -0.4 is 5.32 Å². The van der Waals surface area contributed by atoms with E-state index in [0.29, 0.717) is 31.9 Å². The van der Waals surface area contributed by atoms with Gasteiger partial charge in [0.1, 0.15) is 11.1 Å². The Labute approximate surface area is 121 Å². The van der Waals surface area contributed by atoms with E-state index in [1.165, 1.54) is 0 Å². The molecule has 1 N–H and O–H groups in total. The second-order valence-electron chi connectivity index (χ2n) is 6.45. The monoisotopic (exact) mass is 282 g/mol. The van der Waals surface area contributed by atoms with Crippen LogP contribution in [-0.2, 0) is 14.3 Å². The van der Waals surface area contributed by atoms with Gasteiger partial charge in [-0.2, -0.15) is 0 Å². The van der Waals surface area contributed by atoms with E-state index in [1.807, 2.05) is 27.7 Å². The van der Waals surface area contributed by atoms with E-state index < -0.39 is 11.1 Å². The number of ether oxygens (including phenoxy) is 1. The van der Waals surface area contributed by atoms with Crippen molar-refractivity contribution in [2.24, 2.45) is 5.92 Å². The molecule has 2 fully saturated rings. The van der Waals surface area contributed by atoms with Gasteiger partial charge in [0, 0.05) is 19.1 Å². The molecule has 0 bridgehead atoms. The number of carbonyl (C=O) groups is 2. The zero-order chi connectivity index (χ0) is 15.0. The molecule has 2 rings (SSSR count). The second-order valence-corrected chi connectivity index (χ2v) is 6.45. The van der Waals surface area contributed by atoms with Crippen molar-refractivity contribution in [3.8, 4) is 0 Å². The molecule has 2 amide bonds. The van der Waals surface area contributed by atoms with Gasteiger partial charge >= 0.3 is 0 Å². The lowest BCUT2D eigenvalue weighted by Gasteiger charge is -2.50. The lowest BCUT2D eigenvalue weighted by Crippen LogP contribution is -2.74. The highest BCUT2D eigenvalue weighted by Crippen LogP contribution is 2.32. The third kappa shape index (κ3) is 2.32. The summed E-state index contributed by atoms with van der Waals surface area (Å²) in [4.78, 5) is 27.1. The molecule has 0 aliphatic carbocycles. The summed E-state index contributed by atoms with van der Waals surface area (Å²) in [6, 6.07) is 0. The zero-order valence-corrected chi connectivity index (χ0v) is 13.0. The lowest BCUT2D eigenvalue weighted by molar-refractivity contribution is -0.162. The molecule has 0 aromatic heterocycles. The Kier molecular flexibility index (Phi) is 4.09. The average molecular weight is 282 g/mol. The molecule has 1 atom stereocenters. The van der Waals surface area contributed by atoms with Gasteiger partial charge in [-0.15, -0.1) is 0 Å². The van der Waals surface area contributed by atoms with Crippen molar-refractivity contribution in [1.29, 1.82) is 0 Å². The van der Waals surface area contributed by atoms with Gasteiger partial charge in [-0.25, -0.2) is 0 Å². The number of nitrogens with zero attached hydrogens (tertiary/aromatic N) is 1. The predicted molar refractivity (Wildman–Crippen MR) is 76.2 cm³/mol. The van der Waals surface area contributed by atoms with Gasteiger partial charge < -0.3 is 15.0 Å². The second kappa shape index (κ2) is 5.35. The first-order chi connectivity index (χ1) is 9.37. The minimum atomic E-state index is -0.784. The van der Waals surface area contributed by atoms with Crippen molar-refractivity contribution in [1.82, 2.24) is 10.2 Å². The van der Waals surface area contributed by atoms with Crippen LogP contribution in [0.4, 0.5) is 0 Å². The van der Waals surface area contributed by atoms with Crippen LogP contribution in [0, 0.1) is 5.92 Å². The van der Waals surface area contributed by atoms with Crippen LogP contribution in [0.2, 0.25) is 0 Å². The summed E-state index contributed by atoms with van der Waals surface area (Å²) >= 11 is 0. The third-order valence-corrected chi connectivity index (χ3v) is 4.91. The van der Waals surface area contributed by atoms with Gasteiger partial charge in [0.05, 0.1) is 6.61 Å². The minimum absolute atomic E-state index is 0.0546. The maximum atomic E-state index is 12.9. The summed E-state index contributed by atoms with van der Waals surface area (Å²) in [6.45, 7) is 9.62. The van der Waals surface area contributed by atoms with Crippen molar-refractivity contribution in [3.63, 3.8) is 0 Å². The molecule has 0 radical (unpaired) electrons. The van der Waals surface area contributed by atoms with Crippen LogP contribution in [-0.4, -0.2) is 47.6 Å². The molecule has 0 aromatic rings. The standard InChI is InChI=1S/C15H26N2O3/c1-5-15(6-2)13(19)17(9-11-7-8-20-10-11)14(3,4)12(18)16-15/h11H,5-10H2,1-4H3,(H,16,18). The van der Waals surface area contributed by atoms with Gasteiger partial charge in [-0.3, -0.25) is 9.59 Å². The number of carbonyl (C=O) groups excluding carboxylic acids is 2. The fourth-order valence-corrected chi connectivity index (χ4v) is 3.08. The Bertz CT molecular complexity index is 396. The predicted octanol–water partition coefficient (Wildman–Crippen LogP) is 1.32. The summed E-state index contributed by atoms with van der Waals surface area (Å²) in [7, 11) is 0. The number of amides is 2. The highest BCUT2D eigenvalue weighted by molar-refractivity contribution is 6.01. The highest BCUT2D eigenvalue weighted by Gasteiger charge is 2.53. The van der Waals surface area contributed by atoms with E-state index in [-0.39, 0.29) is 11.8 Å². The Hall–Kier alpha value is -1.10. The van der Waals surface area contributed by atoms with E-state index in [2.05, 4.69) is 5.32 Å². The Morgan fingerprint density at radius 3 is 2.45 bits per heavy atom. The van der Waals surface area contributed by atoms with Crippen molar-refractivity contribution in [3.05, 3.63) is 0 Å². The van der Waals surface area contributed by atoms with Crippen molar-refractivity contribution >= 4 is 11.8 Å². The summed E-state index contributed by atoms with van der Waals surface area (Å²) in [5.74, 6) is 0.342. The fourth-order valence-electron chi connectivity index (χ4n) is 3.08. The van der Waals surface area contributed by atoms with E-state index >= 15 is 0 Å². The smallest absolute Gasteiger partial charge is 0.249 e. The molecule has 0 spiro atoms. The van der Waals surface area contributed by atoms with Gasteiger partial charge in [0.15, 0.2) is 0 Å². The van der Waals surface area contributed by atoms with Gasteiger partial charge in [0.25, 0.3) is 0 Å². The summed E-state index contributed by atoms with van der Waals surface area (Å²) < 4.78 is 5.39. The van der Waals surface area contributed by atoms with Crippen molar-refractivity contribution in [2.75, 3.05) is 19.8 Å². The van der Waals surface area contributed by atoms with Crippen LogP contribution in [0.3, 0.4) is 0 Å². The minimum Gasteiger partial charge on any atom is -0.381 e. The average Bonchev–Trinajstić information content (AvgIpc) is 2.92. The quantitative estimate of drug-likeness (QED) is 0.846. The maximum absolute atomic E-state index is 12.9. The topological polar surface area (TPSA) is 58.6 Å². The molecule has 5 nitrogen and oxygen atoms in total. The molecule has 2 aliphatic heterocycles. The molecule has 0 aromatic carbocycles. The molecule has 114 valence electrons. The molecule has 5 heteroatoms. The number of hydrogen-bond acceptors (Lipinski definition) is 3. The SMILES string of the molecule is CCC1(CC)NC(=O)C(C)(C)N(CC2CCOC2)C1=O. The molecule has 2 aliphatic rings. The first-order valence-corrected chi connectivity index (χ1v) is 7.60. The first kappa shape index (κ1) is 15.3. The van der Waals surface area contributed by atoms with Crippen molar-refractivity contribution < 1.29 is 14.3 Å². The van der Waals surface area contributed by atoms with Gasteiger partial charge in [0.2, 0.25) is 11.8 Å². The van der Waals surface area contributed by atoms with E-state index in [1.54, 1.807) is 4.90 Å². The van der Waals surface area contributed by atoms with E-state index in [9.17, 15) is 9.59 Å². The Morgan fingerprint density at radius 1 is 1.30 bits per heavy atom. The molecule has 2 saturated heterocycles. The molecule has 2 heterocycles. The van der Waals surface area contributed by atoms with Crippen molar-refractivity contribution in [2.45, 2.75) is 58.0 Å². The number of hydrogen-bond donors (Lipinski definition) is 1. The normalized spacial score (nSPS) is 28.6. The summed E-state index contributed by atoms with van der Waals surface area (Å²) in [5.41, 5.74) is -1.51. The fraction of sp³-hybridized carbons (Fsp3) is 0.867. The van der Waals surface area contributed by atoms with Gasteiger partial charge in [-0.05, 0) is 33.1 Å². The summed E-state index contributed by atoms with van der Waals surface area (Å²) in [6.07, 6.45) is 2.22. The Balaban J connectivity index is 2.27. The molecular weight excluding hydrogens is 256 g/mol. The van der Waals surface area contributed by atoms with Crippen LogP contribution in [0.15, 0.2) is 0 Å². The van der Waals surface area contributed by atoms with E-state index in [0.717, 1.165) is 13.0 Å².